The van der Waals surface area contributed by atoms with E-state index in [0.717, 1.165) is 28.0 Å². The van der Waals surface area contributed by atoms with Gasteiger partial charge in [-0.15, -0.1) is 27.8 Å². The van der Waals surface area contributed by atoms with Crippen LogP contribution in [0.15, 0.2) is 23.7 Å². The van der Waals surface area contributed by atoms with Crippen LogP contribution in [0.25, 0.3) is 10.2 Å². The molecule has 1 atom stereocenters. The molecule has 0 bridgehead atoms. The first-order valence-corrected chi connectivity index (χ1v) is 8.52. The Kier molecular flexibility index (Phi) is 4.19. The van der Waals surface area contributed by atoms with Gasteiger partial charge < -0.3 is 10.4 Å². The molecule has 3 aromatic heterocycles. The van der Waals surface area contributed by atoms with E-state index in [-0.39, 0.29) is 12.5 Å². The number of hydrogen-bond donors (Lipinski definition) is 2. The first-order chi connectivity index (χ1) is 10.2. The van der Waals surface area contributed by atoms with Crippen molar-refractivity contribution in [1.82, 2.24) is 10.2 Å². The summed E-state index contributed by atoms with van der Waals surface area (Å²) in [7, 11) is 0. The molecule has 21 heavy (non-hydrogen) atoms. The summed E-state index contributed by atoms with van der Waals surface area (Å²) in [4.78, 5) is 2.48. The van der Waals surface area contributed by atoms with Gasteiger partial charge in [0.1, 0.15) is 5.52 Å². The van der Waals surface area contributed by atoms with Crippen molar-refractivity contribution in [3.8, 4) is 0 Å². The Morgan fingerprint density at radius 1 is 1.43 bits per heavy atom. The van der Waals surface area contributed by atoms with Gasteiger partial charge in [-0.3, -0.25) is 0 Å². The Hall–Kier alpha value is -1.50. The SMILES string of the molecule is Cc1c([C@@H](C)CO)sc2c(NCc3cccs3)cnnc12. The second-order valence-corrected chi connectivity index (χ2v) is 7.13. The van der Waals surface area contributed by atoms with Gasteiger partial charge in [-0.05, 0) is 23.9 Å². The maximum Gasteiger partial charge on any atom is 0.109 e. The van der Waals surface area contributed by atoms with Crippen LogP contribution < -0.4 is 5.32 Å². The number of aliphatic hydroxyl groups excluding tert-OH is 1. The monoisotopic (exact) mass is 319 g/mol. The van der Waals surface area contributed by atoms with Crippen molar-refractivity contribution in [1.29, 1.82) is 0 Å². The first kappa shape index (κ1) is 14.4. The fourth-order valence-electron chi connectivity index (χ4n) is 2.30. The molecule has 3 aromatic rings. The summed E-state index contributed by atoms with van der Waals surface area (Å²) in [5, 5.41) is 23.3. The highest BCUT2D eigenvalue weighted by Crippen LogP contribution is 2.37. The molecule has 0 radical (unpaired) electrons. The van der Waals surface area contributed by atoms with Gasteiger partial charge in [-0.25, -0.2) is 0 Å². The zero-order valence-corrected chi connectivity index (χ0v) is 13.6. The molecule has 0 unspecified atom stereocenters. The lowest BCUT2D eigenvalue weighted by Gasteiger charge is -2.05. The molecular weight excluding hydrogens is 302 g/mol. The van der Waals surface area contributed by atoms with Crippen molar-refractivity contribution in [2.45, 2.75) is 26.3 Å². The highest BCUT2D eigenvalue weighted by molar-refractivity contribution is 7.20. The predicted octanol–water partition coefficient (Wildman–Crippen LogP) is 3.77. The highest BCUT2D eigenvalue weighted by atomic mass is 32.1. The third kappa shape index (κ3) is 2.79. The van der Waals surface area contributed by atoms with Crippen molar-refractivity contribution in [2.24, 2.45) is 0 Å². The Bertz CT molecular complexity index is 737. The lowest BCUT2D eigenvalue weighted by atomic mass is 10.1. The van der Waals surface area contributed by atoms with Gasteiger partial charge in [0.05, 0.1) is 23.2 Å². The van der Waals surface area contributed by atoms with E-state index >= 15 is 0 Å². The second kappa shape index (κ2) is 6.09. The van der Waals surface area contributed by atoms with Crippen LogP contribution in [0.2, 0.25) is 0 Å². The van der Waals surface area contributed by atoms with Crippen molar-refractivity contribution < 1.29 is 5.11 Å². The summed E-state index contributed by atoms with van der Waals surface area (Å²) in [6, 6.07) is 4.17. The molecule has 3 rings (SSSR count). The van der Waals surface area contributed by atoms with Crippen molar-refractivity contribution in [3.63, 3.8) is 0 Å². The minimum absolute atomic E-state index is 0.134. The Morgan fingerprint density at radius 3 is 3.00 bits per heavy atom. The smallest absolute Gasteiger partial charge is 0.109 e. The number of nitrogens with zero attached hydrogens (tertiary/aromatic N) is 2. The molecule has 0 amide bonds. The van der Waals surface area contributed by atoms with Crippen LogP contribution in [-0.2, 0) is 6.54 Å². The molecule has 4 nitrogen and oxygen atoms in total. The molecule has 110 valence electrons. The summed E-state index contributed by atoms with van der Waals surface area (Å²) >= 11 is 3.44. The molecule has 0 aliphatic rings. The van der Waals surface area contributed by atoms with Gasteiger partial charge in [0.2, 0.25) is 0 Å². The van der Waals surface area contributed by atoms with Gasteiger partial charge in [-0.2, -0.15) is 5.10 Å². The fourth-order valence-corrected chi connectivity index (χ4v) is 4.22. The zero-order valence-electron chi connectivity index (χ0n) is 12.0. The largest absolute Gasteiger partial charge is 0.396 e. The molecule has 0 saturated heterocycles. The normalized spacial score (nSPS) is 12.7. The van der Waals surface area contributed by atoms with Crippen LogP contribution in [0.3, 0.4) is 0 Å². The number of hydrogen-bond acceptors (Lipinski definition) is 6. The molecule has 6 heteroatoms. The van der Waals surface area contributed by atoms with E-state index in [1.54, 1.807) is 28.9 Å². The van der Waals surface area contributed by atoms with Gasteiger partial charge in [-0.1, -0.05) is 13.0 Å². The lowest BCUT2D eigenvalue weighted by molar-refractivity contribution is 0.274. The minimum Gasteiger partial charge on any atom is -0.396 e. The van der Waals surface area contributed by atoms with E-state index in [1.165, 1.54) is 9.75 Å². The summed E-state index contributed by atoms with van der Waals surface area (Å²) < 4.78 is 1.12. The number of rotatable bonds is 5. The minimum atomic E-state index is 0.134. The summed E-state index contributed by atoms with van der Waals surface area (Å²) in [6.45, 7) is 5.03. The van der Waals surface area contributed by atoms with Crippen molar-refractivity contribution in [2.75, 3.05) is 11.9 Å². The summed E-state index contributed by atoms with van der Waals surface area (Å²) in [6.07, 6.45) is 1.78. The Morgan fingerprint density at radius 2 is 2.29 bits per heavy atom. The molecule has 0 aliphatic carbocycles. The number of aromatic nitrogens is 2. The number of fused-ring (bicyclic) bond motifs is 1. The topological polar surface area (TPSA) is 58.0 Å². The second-order valence-electron chi connectivity index (χ2n) is 5.04. The van der Waals surface area contributed by atoms with E-state index in [1.807, 2.05) is 6.92 Å². The van der Waals surface area contributed by atoms with Gasteiger partial charge in [0.25, 0.3) is 0 Å². The number of anilines is 1. The Balaban J connectivity index is 1.95. The zero-order chi connectivity index (χ0) is 14.8. The van der Waals surface area contributed by atoms with Crippen LogP contribution in [-0.4, -0.2) is 21.9 Å². The molecular formula is C15H17N3OS2. The molecule has 0 spiro atoms. The average molecular weight is 319 g/mol. The third-order valence-corrected chi connectivity index (χ3v) is 5.92. The molecule has 3 heterocycles. The standard InChI is InChI=1S/C15H17N3OS2/c1-9(8-19)14-10(2)13-15(21-14)12(7-17-18-13)16-6-11-4-3-5-20-11/h3-5,7,9,19H,6,8H2,1-2H3,(H,16,18)/t9-/m0/s1. The van der Waals surface area contributed by atoms with Crippen LogP contribution in [0, 0.1) is 6.92 Å². The molecule has 0 aromatic carbocycles. The molecule has 0 saturated carbocycles. The highest BCUT2D eigenvalue weighted by Gasteiger charge is 2.17. The summed E-state index contributed by atoms with van der Waals surface area (Å²) in [5.41, 5.74) is 3.08. The number of nitrogens with one attached hydrogen (secondary N) is 1. The van der Waals surface area contributed by atoms with Gasteiger partial charge >= 0.3 is 0 Å². The van der Waals surface area contributed by atoms with Crippen molar-refractivity contribution >= 4 is 38.6 Å². The lowest BCUT2D eigenvalue weighted by Crippen LogP contribution is -1.99. The first-order valence-electron chi connectivity index (χ1n) is 6.82. The number of aliphatic hydroxyl groups is 1. The van der Waals surface area contributed by atoms with E-state index in [4.69, 9.17) is 0 Å². The molecule has 0 fully saturated rings. The molecule has 2 N–H and O–H groups in total. The van der Waals surface area contributed by atoms with Gasteiger partial charge in [0.15, 0.2) is 0 Å². The van der Waals surface area contributed by atoms with E-state index in [9.17, 15) is 5.11 Å². The number of aryl methyl sites for hydroxylation is 1. The van der Waals surface area contributed by atoms with Crippen LogP contribution in [0.4, 0.5) is 5.69 Å². The van der Waals surface area contributed by atoms with Crippen LogP contribution >= 0.6 is 22.7 Å². The average Bonchev–Trinajstić information content (AvgIpc) is 3.13. The van der Waals surface area contributed by atoms with E-state index in [0.29, 0.717) is 0 Å². The van der Waals surface area contributed by atoms with Crippen LogP contribution in [0.5, 0.6) is 0 Å². The predicted molar refractivity (Wildman–Crippen MR) is 89.3 cm³/mol. The maximum absolute atomic E-state index is 9.39. The quantitative estimate of drug-likeness (QED) is 0.751. The number of thiophene rings is 2. The maximum atomic E-state index is 9.39. The van der Waals surface area contributed by atoms with E-state index in [2.05, 4.69) is 40.0 Å². The van der Waals surface area contributed by atoms with Crippen LogP contribution in [0.1, 0.15) is 28.2 Å². The molecule has 0 aliphatic heterocycles. The fraction of sp³-hybridized carbons (Fsp3) is 0.333. The summed E-state index contributed by atoms with van der Waals surface area (Å²) in [5.74, 6) is 0.134. The van der Waals surface area contributed by atoms with Gasteiger partial charge in [0, 0.05) is 22.2 Å². The third-order valence-electron chi connectivity index (χ3n) is 3.50. The van der Waals surface area contributed by atoms with E-state index < -0.39 is 0 Å². The van der Waals surface area contributed by atoms with Crippen molar-refractivity contribution in [3.05, 3.63) is 39.0 Å². The Labute approximate surface area is 131 Å².